The Bertz CT molecular complexity index is 1120. The maximum Gasteiger partial charge on any atom is 0.255 e. The largest absolute Gasteiger partial charge is 0.322 e. The summed E-state index contributed by atoms with van der Waals surface area (Å²) in [5, 5.41) is 4.85. The molecule has 6 heteroatoms. The van der Waals surface area contributed by atoms with E-state index in [0.29, 0.717) is 29.9 Å². The summed E-state index contributed by atoms with van der Waals surface area (Å²) in [7, 11) is -3.60. The molecule has 3 aromatic rings. The van der Waals surface area contributed by atoms with E-state index in [9.17, 15) is 13.2 Å². The zero-order chi connectivity index (χ0) is 20.3. The minimum Gasteiger partial charge on any atom is -0.322 e. The number of sulfonamides is 1. The summed E-state index contributed by atoms with van der Waals surface area (Å²) >= 11 is 0. The highest BCUT2D eigenvalue weighted by atomic mass is 32.2. The Balaban J connectivity index is 1.91. The Morgan fingerprint density at radius 3 is 2.29 bits per heavy atom. The Morgan fingerprint density at radius 1 is 0.929 bits per heavy atom. The molecule has 0 bridgehead atoms. The van der Waals surface area contributed by atoms with Crippen LogP contribution in [-0.2, 0) is 10.0 Å². The summed E-state index contributed by atoms with van der Waals surface area (Å²) in [4.78, 5) is 12.9. The second kappa shape index (κ2) is 8.12. The Kier molecular flexibility index (Phi) is 5.82. The molecule has 0 atom stereocenters. The third-order valence-electron chi connectivity index (χ3n) is 4.78. The van der Waals surface area contributed by atoms with Gasteiger partial charge in [-0.25, -0.2) is 8.42 Å². The first kappa shape index (κ1) is 20.0. The summed E-state index contributed by atoms with van der Waals surface area (Å²) in [6.45, 7) is 6.16. The fraction of sp³-hybridized carbons (Fsp3) is 0.227. The molecule has 0 radical (unpaired) electrons. The molecule has 0 aromatic heterocycles. The zero-order valence-electron chi connectivity index (χ0n) is 16.3. The zero-order valence-corrected chi connectivity index (χ0v) is 17.1. The predicted molar refractivity (Wildman–Crippen MR) is 113 cm³/mol. The number of rotatable bonds is 6. The summed E-state index contributed by atoms with van der Waals surface area (Å²) < 4.78 is 27.2. The molecular formula is C22H24N2O3S. The highest BCUT2D eigenvalue weighted by molar-refractivity contribution is 7.89. The molecule has 0 saturated carbocycles. The summed E-state index contributed by atoms with van der Waals surface area (Å²) in [5.74, 6) is -0.277. The smallest absolute Gasteiger partial charge is 0.255 e. The molecule has 146 valence electrons. The van der Waals surface area contributed by atoms with E-state index in [1.807, 2.05) is 50.2 Å². The lowest BCUT2D eigenvalue weighted by Gasteiger charge is -2.20. The van der Waals surface area contributed by atoms with Gasteiger partial charge in [0.05, 0.1) is 4.90 Å². The number of carbonyl (C=O) groups is 1. The summed E-state index contributed by atoms with van der Waals surface area (Å²) in [5.41, 5.74) is 1.62. The van der Waals surface area contributed by atoms with E-state index >= 15 is 0 Å². The second-order valence-electron chi connectivity index (χ2n) is 6.59. The van der Waals surface area contributed by atoms with E-state index in [2.05, 4.69) is 5.32 Å². The lowest BCUT2D eigenvalue weighted by Crippen LogP contribution is -2.31. The molecule has 5 nitrogen and oxygen atoms in total. The van der Waals surface area contributed by atoms with Gasteiger partial charge < -0.3 is 5.32 Å². The van der Waals surface area contributed by atoms with E-state index in [0.717, 1.165) is 10.8 Å². The molecule has 0 aliphatic rings. The predicted octanol–water partition coefficient (Wildman–Crippen LogP) is 4.43. The number of benzene rings is 3. The van der Waals surface area contributed by atoms with Crippen molar-refractivity contribution >= 4 is 32.4 Å². The average Bonchev–Trinajstić information content (AvgIpc) is 2.69. The highest BCUT2D eigenvalue weighted by Gasteiger charge is 2.24. The number of nitrogens with zero attached hydrogens (tertiary/aromatic N) is 1. The van der Waals surface area contributed by atoms with Crippen LogP contribution >= 0.6 is 0 Å². The molecule has 0 fully saturated rings. The van der Waals surface area contributed by atoms with E-state index < -0.39 is 10.0 Å². The van der Waals surface area contributed by atoms with Crippen LogP contribution in [-0.4, -0.2) is 31.7 Å². The molecule has 1 N–H and O–H groups in total. The quantitative estimate of drug-likeness (QED) is 0.670. The lowest BCUT2D eigenvalue weighted by atomic mass is 10.1. The Morgan fingerprint density at radius 2 is 1.61 bits per heavy atom. The van der Waals surface area contributed by atoms with E-state index in [1.54, 1.807) is 25.1 Å². The van der Waals surface area contributed by atoms with Crippen molar-refractivity contribution in [3.05, 3.63) is 71.8 Å². The number of anilines is 1. The van der Waals surface area contributed by atoms with E-state index in [-0.39, 0.29) is 10.8 Å². The van der Waals surface area contributed by atoms with Crippen molar-refractivity contribution in [2.24, 2.45) is 0 Å². The lowest BCUT2D eigenvalue weighted by molar-refractivity contribution is 0.102. The van der Waals surface area contributed by atoms with Crippen LogP contribution in [0.4, 0.5) is 5.69 Å². The molecule has 0 saturated heterocycles. The fourth-order valence-corrected chi connectivity index (χ4v) is 4.90. The number of hydrogen-bond donors (Lipinski definition) is 1. The van der Waals surface area contributed by atoms with Gasteiger partial charge in [0.1, 0.15) is 0 Å². The molecule has 3 rings (SSSR count). The SMILES string of the molecule is CCN(CC)S(=O)(=O)c1cc(NC(=O)c2ccc3ccccc3c2)ccc1C. The van der Waals surface area contributed by atoms with Crippen molar-refractivity contribution in [3.8, 4) is 0 Å². The Hall–Kier alpha value is -2.70. The molecule has 0 spiro atoms. The highest BCUT2D eigenvalue weighted by Crippen LogP contribution is 2.24. The summed E-state index contributed by atoms with van der Waals surface area (Å²) in [6.07, 6.45) is 0. The van der Waals surface area contributed by atoms with Gasteiger partial charge in [-0.2, -0.15) is 4.31 Å². The second-order valence-corrected chi connectivity index (χ2v) is 8.49. The third-order valence-corrected chi connectivity index (χ3v) is 6.97. The van der Waals surface area contributed by atoms with Gasteiger partial charge >= 0.3 is 0 Å². The van der Waals surface area contributed by atoms with Crippen LogP contribution in [0.1, 0.15) is 29.8 Å². The van der Waals surface area contributed by atoms with E-state index in [1.165, 1.54) is 10.4 Å². The van der Waals surface area contributed by atoms with Crippen LogP contribution in [0, 0.1) is 6.92 Å². The fourth-order valence-electron chi connectivity index (χ4n) is 3.19. The molecule has 0 aliphatic heterocycles. The maximum atomic E-state index is 12.9. The Labute approximate surface area is 166 Å². The molecular weight excluding hydrogens is 372 g/mol. The van der Waals surface area contributed by atoms with Gasteiger partial charge in [0.15, 0.2) is 0 Å². The minimum absolute atomic E-state index is 0.215. The van der Waals surface area contributed by atoms with Gasteiger partial charge in [-0.05, 0) is 47.5 Å². The van der Waals surface area contributed by atoms with Crippen LogP contribution in [0.2, 0.25) is 0 Å². The summed E-state index contributed by atoms with van der Waals surface area (Å²) in [6, 6.07) is 18.3. The van der Waals surface area contributed by atoms with Gasteiger partial charge in [0.25, 0.3) is 5.91 Å². The molecule has 1 amide bonds. The van der Waals surface area contributed by atoms with Crippen LogP contribution in [0.15, 0.2) is 65.6 Å². The molecule has 28 heavy (non-hydrogen) atoms. The number of carbonyl (C=O) groups excluding carboxylic acids is 1. The van der Waals surface area contributed by atoms with Crippen molar-refractivity contribution in [3.63, 3.8) is 0 Å². The molecule has 0 heterocycles. The average molecular weight is 397 g/mol. The van der Waals surface area contributed by atoms with Crippen molar-refractivity contribution < 1.29 is 13.2 Å². The first-order valence-electron chi connectivity index (χ1n) is 9.27. The number of aryl methyl sites for hydroxylation is 1. The first-order chi connectivity index (χ1) is 13.4. The number of nitrogens with one attached hydrogen (secondary N) is 1. The van der Waals surface area contributed by atoms with Gasteiger partial charge in [0, 0.05) is 24.3 Å². The van der Waals surface area contributed by atoms with Crippen LogP contribution in [0.25, 0.3) is 10.8 Å². The molecule has 0 aliphatic carbocycles. The van der Waals surface area contributed by atoms with Crippen molar-refractivity contribution in [1.82, 2.24) is 4.31 Å². The van der Waals surface area contributed by atoms with Crippen LogP contribution in [0.5, 0.6) is 0 Å². The maximum absolute atomic E-state index is 12.9. The van der Waals surface area contributed by atoms with Gasteiger partial charge in [-0.1, -0.05) is 50.2 Å². The van der Waals surface area contributed by atoms with E-state index in [4.69, 9.17) is 0 Å². The standard InChI is InChI=1S/C22H24N2O3S/c1-4-24(5-2)28(26,27)21-15-20(13-10-16(21)3)23-22(25)19-12-11-17-8-6-7-9-18(17)14-19/h6-15H,4-5H2,1-3H3,(H,23,25). The topological polar surface area (TPSA) is 66.5 Å². The number of hydrogen-bond acceptors (Lipinski definition) is 3. The monoisotopic (exact) mass is 396 g/mol. The van der Waals surface area contributed by atoms with Crippen LogP contribution < -0.4 is 5.32 Å². The first-order valence-corrected chi connectivity index (χ1v) is 10.7. The molecule has 3 aromatic carbocycles. The van der Waals surface area contributed by atoms with Gasteiger partial charge in [0.2, 0.25) is 10.0 Å². The van der Waals surface area contributed by atoms with Crippen molar-refractivity contribution in [1.29, 1.82) is 0 Å². The molecule has 0 unspecified atom stereocenters. The third kappa shape index (κ3) is 3.93. The van der Waals surface area contributed by atoms with Gasteiger partial charge in [-0.15, -0.1) is 0 Å². The number of amides is 1. The van der Waals surface area contributed by atoms with Crippen LogP contribution in [0.3, 0.4) is 0 Å². The van der Waals surface area contributed by atoms with Gasteiger partial charge in [-0.3, -0.25) is 4.79 Å². The van der Waals surface area contributed by atoms with Crippen molar-refractivity contribution in [2.75, 3.05) is 18.4 Å². The van der Waals surface area contributed by atoms with Crippen molar-refractivity contribution in [2.45, 2.75) is 25.7 Å². The normalized spacial score (nSPS) is 11.7. The number of fused-ring (bicyclic) bond motifs is 1. The minimum atomic E-state index is -3.60.